The predicted molar refractivity (Wildman–Crippen MR) is 106 cm³/mol. The van der Waals surface area contributed by atoms with Gasteiger partial charge in [-0.3, -0.25) is 24.1 Å². The maximum absolute atomic E-state index is 12.0. The van der Waals surface area contributed by atoms with E-state index in [2.05, 4.69) is 10.3 Å². The van der Waals surface area contributed by atoms with Gasteiger partial charge in [0.25, 0.3) is 0 Å². The molecule has 0 bridgehead atoms. The van der Waals surface area contributed by atoms with Crippen molar-refractivity contribution in [1.82, 2.24) is 9.88 Å². The van der Waals surface area contributed by atoms with E-state index in [1.807, 2.05) is 0 Å². The summed E-state index contributed by atoms with van der Waals surface area (Å²) in [5, 5.41) is 31.1. The van der Waals surface area contributed by atoms with E-state index >= 15 is 0 Å². The fourth-order valence-electron chi connectivity index (χ4n) is 3.82. The summed E-state index contributed by atoms with van der Waals surface area (Å²) in [7, 11) is 0. The largest absolute Gasteiger partial charge is 0.481 e. The highest BCUT2D eigenvalue weighted by Crippen LogP contribution is 2.33. The molecule has 1 aromatic heterocycles. The number of hydrogen-bond acceptors (Lipinski definition) is 5. The Balaban J connectivity index is 1.82. The maximum Gasteiger partial charge on any atom is 0.325 e. The van der Waals surface area contributed by atoms with Crippen LogP contribution in [-0.4, -0.2) is 62.1 Å². The third-order valence-corrected chi connectivity index (χ3v) is 5.26. The number of amides is 1. The summed E-state index contributed by atoms with van der Waals surface area (Å²) in [6.07, 6.45) is 2.30. The topological polar surface area (TPSA) is 160 Å². The first-order valence-corrected chi connectivity index (χ1v) is 9.58. The first-order chi connectivity index (χ1) is 14.3. The summed E-state index contributed by atoms with van der Waals surface area (Å²) in [6.45, 7) is 0.655. The van der Waals surface area contributed by atoms with Crippen LogP contribution in [0.2, 0.25) is 0 Å². The van der Waals surface area contributed by atoms with Crippen LogP contribution in [0.25, 0.3) is 10.9 Å². The number of aromatic nitrogens is 1. The summed E-state index contributed by atoms with van der Waals surface area (Å²) in [5.41, 5.74) is 1.59. The summed E-state index contributed by atoms with van der Waals surface area (Å²) >= 11 is 0. The van der Waals surface area contributed by atoms with Gasteiger partial charge in [0, 0.05) is 41.3 Å². The number of carboxylic acids is 3. The van der Waals surface area contributed by atoms with Crippen molar-refractivity contribution in [3.8, 4) is 0 Å². The smallest absolute Gasteiger partial charge is 0.325 e. The van der Waals surface area contributed by atoms with Gasteiger partial charge < -0.3 is 25.6 Å². The lowest BCUT2D eigenvalue weighted by atomic mass is 9.94. The van der Waals surface area contributed by atoms with Gasteiger partial charge >= 0.3 is 17.9 Å². The van der Waals surface area contributed by atoms with Crippen LogP contribution in [0.1, 0.15) is 37.3 Å². The van der Waals surface area contributed by atoms with Gasteiger partial charge in [-0.25, -0.2) is 0 Å². The first-order valence-electron chi connectivity index (χ1n) is 9.58. The standard InChI is InChI=1S/C20H23N3O7/c24-16(5-6-17(25)26)22-12-3-4-13-14(9-21-15(13)8-12)18(20(29)30)23-7-1-2-11(10-23)19(27)28/h3-4,8-9,11,18,21H,1-2,5-7,10H2,(H,22,24)(H,25,26)(H,27,28)(H,29,30)/t11-,18+/m1/s1. The number of nitrogens with zero attached hydrogens (tertiary/aromatic N) is 1. The van der Waals surface area contributed by atoms with Crippen LogP contribution in [0, 0.1) is 5.92 Å². The van der Waals surface area contributed by atoms with Crippen molar-refractivity contribution in [2.24, 2.45) is 5.92 Å². The molecule has 1 aliphatic rings. The molecule has 30 heavy (non-hydrogen) atoms. The number of aromatic amines is 1. The SMILES string of the molecule is O=C(O)CCC(=O)Nc1ccc2c([C@@H](C(=O)O)N3CCC[C@@H](C(=O)O)C3)c[nH]c2c1. The lowest BCUT2D eigenvalue weighted by molar-refractivity contribution is -0.149. The molecule has 0 spiro atoms. The lowest BCUT2D eigenvalue weighted by Gasteiger charge is -2.34. The van der Waals surface area contributed by atoms with E-state index in [0.717, 1.165) is 0 Å². The monoisotopic (exact) mass is 417 g/mol. The summed E-state index contributed by atoms with van der Waals surface area (Å²) in [4.78, 5) is 50.5. The number of benzene rings is 1. The highest BCUT2D eigenvalue weighted by molar-refractivity contribution is 5.96. The Bertz CT molecular complexity index is 984. The van der Waals surface area contributed by atoms with Crippen LogP contribution >= 0.6 is 0 Å². The van der Waals surface area contributed by atoms with E-state index < -0.39 is 35.8 Å². The van der Waals surface area contributed by atoms with Crippen molar-refractivity contribution >= 4 is 40.4 Å². The van der Waals surface area contributed by atoms with Crippen LogP contribution in [0.4, 0.5) is 5.69 Å². The number of piperidine rings is 1. The molecule has 2 heterocycles. The van der Waals surface area contributed by atoms with E-state index in [1.165, 1.54) is 0 Å². The average Bonchev–Trinajstić information content (AvgIpc) is 3.09. The van der Waals surface area contributed by atoms with Gasteiger partial charge in [0.2, 0.25) is 5.91 Å². The zero-order valence-corrected chi connectivity index (χ0v) is 16.1. The van der Waals surface area contributed by atoms with E-state index in [0.29, 0.717) is 41.5 Å². The molecule has 10 nitrogen and oxygen atoms in total. The van der Waals surface area contributed by atoms with Gasteiger partial charge in [-0.1, -0.05) is 6.07 Å². The predicted octanol–water partition coefficient (Wildman–Crippen LogP) is 1.89. The van der Waals surface area contributed by atoms with E-state index in [4.69, 9.17) is 5.11 Å². The second-order valence-corrected chi connectivity index (χ2v) is 7.36. The summed E-state index contributed by atoms with van der Waals surface area (Å²) in [6, 6.07) is 3.96. The number of aliphatic carboxylic acids is 3. The molecule has 3 rings (SSSR count). The molecule has 2 atom stereocenters. The number of H-pyrrole nitrogens is 1. The van der Waals surface area contributed by atoms with Crippen molar-refractivity contribution in [2.45, 2.75) is 31.7 Å². The number of likely N-dealkylation sites (tertiary alicyclic amines) is 1. The zero-order valence-electron chi connectivity index (χ0n) is 16.1. The van der Waals surface area contributed by atoms with E-state index in [9.17, 15) is 29.4 Å². The van der Waals surface area contributed by atoms with Gasteiger partial charge in [0.15, 0.2) is 0 Å². The molecule has 1 aliphatic heterocycles. The Morgan fingerprint density at radius 2 is 1.93 bits per heavy atom. The van der Waals surface area contributed by atoms with Crippen molar-refractivity contribution in [3.63, 3.8) is 0 Å². The van der Waals surface area contributed by atoms with Gasteiger partial charge in [0.1, 0.15) is 6.04 Å². The fourth-order valence-corrected chi connectivity index (χ4v) is 3.82. The van der Waals surface area contributed by atoms with Crippen LogP contribution in [0.3, 0.4) is 0 Å². The molecule has 2 aromatic rings. The molecule has 0 unspecified atom stereocenters. The second-order valence-electron chi connectivity index (χ2n) is 7.36. The maximum atomic E-state index is 12.0. The van der Waals surface area contributed by atoms with E-state index in [-0.39, 0.29) is 19.4 Å². The fraction of sp³-hybridized carbons (Fsp3) is 0.400. The molecule has 0 saturated carbocycles. The minimum absolute atomic E-state index is 0.149. The molecule has 5 N–H and O–H groups in total. The summed E-state index contributed by atoms with van der Waals surface area (Å²) < 4.78 is 0. The average molecular weight is 417 g/mol. The Morgan fingerprint density at radius 3 is 2.60 bits per heavy atom. The number of carbonyl (C=O) groups is 4. The van der Waals surface area contributed by atoms with Crippen molar-refractivity contribution in [2.75, 3.05) is 18.4 Å². The molecule has 0 radical (unpaired) electrons. The van der Waals surface area contributed by atoms with Crippen LogP contribution < -0.4 is 5.32 Å². The Labute approximate surface area is 171 Å². The van der Waals surface area contributed by atoms with Crippen LogP contribution in [0.15, 0.2) is 24.4 Å². The number of nitrogens with one attached hydrogen (secondary N) is 2. The Kier molecular flexibility index (Phi) is 6.36. The molecule has 1 amide bonds. The molecule has 1 saturated heterocycles. The number of anilines is 1. The van der Waals surface area contributed by atoms with Gasteiger partial charge in [-0.05, 0) is 31.5 Å². The van der Waals surface area contributed by atoms with Gasteiger partial charge in [0.05, 0.1) is 12.3 Å². The highest BCUT2D eigenvalue weighted by Gasteiger charge is 2.35. The van der Waals surface area contributed by atoms with Crippen molar-refractivity contribution in [3.05, 3.63) is 30.0 Å². The minimum Gasteiger partial charge on any atom is -0.481 e. The zero-order chi connectivity index (χ0) is 21.8. The van der Waals surface area contributed by atoms with E-state index in [1.54, 1.807) is 29.3 Å². The number of carboxylic acid groups (broad SMARTS) is 3. The third-order valence-electron chi connectivity index (χ3n) is 5.26. The van der Waals surface area contributed by atoms with Crippen LogP contribution in [-0.2, 0) is 19.2 Å². The Hall–Kier alpha value is -3.40. The van der Waals surface area contributed by atoms with Crippen molar-refractivity contribution in [1.29, 1.82) is 0 Å². The summed E-state index contributed by atoms with van der Waals surface area (Å²) in [5.74, 6) is -4.07. The molecule has 0 aliphatic carbocycles. The third kappa shape index (κ3) is 4.77. The Morgan fingerprint density at radius 1 is 1.17 bits per heavy atom. The number of hydrogen-bond donors (Lipinski definition) is 5. The first kappa shape index (κ1) is 21.3. The second kappa shape index (κ2) is 8.95. The number of fused-ring (bicyclic) bond motifs is 1. The minimum atomic E-state index is -1.06. The molecule has 1 fully saturated rings. The molecule has 1 aromatic carbocycles. The lowest BCUT2D eigenvalue weighted by Crippen LogP contribution is -2.43. The molecule has 10 heteroatoms. The van der Waals surface area contributed by atoms with Crippen LogP contribution in [0.5, 0.6) is 0 Å². The normalized spacial score (nSPS) is 18.1. The highest BCUT2D eigenvalue weighted by atomic mass is 16.4. The molecular weight excluding hydrogens is 394 g/mol. The van der Waals surface area contributed by atoms with Gasteiger partial charge in [-0.15, -0.1) is 0 Å². The van der Waals surface area contributed by atoms with Crippen molar-refractivity contribution < 1.29 is 34.5 Å². The van der Waals surface area contributed by atoms with Gasteiger partial charge in [-0.2, -0.15) is 0 Å². The molecule has 160 valence electrons. The molecular formula is C20H23N3O7. The number of carbonyl (C=O) groups excluding carboxylic acids is 1. The quantitative estimate of drug-likeness (QED) is 0.435. The number of rotatable bonds is 8.